The lowest BCUT2D eigenvalue weighted by atomic mass is 9.98. The maximum Gasteiger partial charge on any atom is 0.309 e. The maximum atomic E-state index is 11.3. The van der Waals surface area contributed by atoms with Crippen LogP contribution in [0.15, 0.2) is 16.7 Å². The molecule has 0 amide bonds. The molecule has 0 aliphatic heterocycles. The van der Waals surface area contributed by atoms with Gasteiger partial charge in [-0.1, -0.05) is 6.92 Å². The van der Waals surface area contributed by atoms with Gasteiger partial charge in [0.1, 0.15) is 5.75 Å². The van der Waals surface area contributed by atoms with E-state index in [0.717, 1.165) is 16.6 Å². The Morgan fingerprint density at radius 1 is 1.72 bits per heavy atom. The Balaban J connectivity index is 2.15. The molecule has 1 saturated carbocycles. The number of hydrogen-bond acceptors (Lipinski definition) is 3. The number of halogens is 1. The van der Waals surface area contributed by atoms with Crippen LogP contribution in [0.25, 0.3) is 0 Å². The van der Waals surface area contributed by atoms with E-state index in [4.69, 9.17) is 4.74 Å². The molecule has 98 valence electrons. The molecule has 1 heterocycles. The van der Waals surface area contributed by atoms with Crippen LogP contribution in [0.2, 0.25) is 0 Å². The van der Waals surface area contributed by atoms with E-state index in [1.807, 2.05) is 13.0 Å². The van der Waals surface area contributed by atoms with E-state index in [9.17, 15) is 9.90 Å². The van der Waals surface area contributed by atoms with Gasteiger partial charge in [0.05, 0.1) is 18.2 Å². The molecular formula is C13H16BrNO3. The molecule has 4 nitrogen and oxygen atoms in total. The molecule has 0 spiro atoms. The minimum atomic E-state index is -0.689. The monoisotopic (exact) mass is 313 g/mol. The van der Waals surface area contributed by atoms with E-state index in [1.54, 1.807) is 13.3 Å². The maximum absolute atomic E-state index is 11.3. The second-order valence-electron chi connectivity index (χ2n) is 4.72. The number of carbonyl (C=O) groups is 1. The second kappa shape index (κ2) is 4.88. The van der Waals surface area contributed by atoms with Crippen molar-refractivity contribution in [2.45, 2.75) is 26.2 Å². The highest BCUT2D eigenvalue weighted by Gasteiger charge is 2.58. The van der Waals surface area contributed by atoms with Gasteiger partial charge in [-0.15, -0.1) is 0 Å². The summed E-state index contributed by atoms with van der Waals surface area (Å²) in [6, 6.07) is 1.86. The number of ether oxygens (including phenoxy) is 1. The van der Waals surface area contributed by atoms with Gasteiger partial charge in [-0.25, -0.2) is 0 Å². The van der Waals surface area contributed by atoms with Crippen LogP contribution in [0.5, 0.6) is 5.75 Å². The highest BCUT2D eigenvalue weighted by molar-refractivity contribution is 9.10. The van der Waals surface area contributed by atoms with Crippen molar-refractivity contribution in [1.29, 1.82) is 0 Å². The third-order valence-electron chi connectivity index (χ3n) is 3.85. The lowest BCUT2D eigenvalue weighted by molar-refractivity contribution is -0.144. The SMILES string of the molecule is CCC1(C(=O)O)CC1Cc1ncc(Br)cc1OC. The van der Waals surface area contributed by atoms with E-state index in [1.165, 1.54) is 0 Å². The first-order valence-electron chi connectivity index (χ1n) is 5.95. The van der Waals surface area contributed by atoms with E-state index < -0.39 is 11.4 Å². The number of carboxylic acids is 1. The highest BCUT2D eigenvalue weighted by atomic mass is 79.9. The summed E-state index contributed by atoms with van der Waals surface area (Å²) in [5, 5.41) is 9.26. The first kappa shape index (κ1) is 13.3. The average molecular weight is 314 g/mol. The minimum absolute atomic E-state index is 0.169. The Kier molecular flexibility index (Phi) is 3.61. The van der Waals surface area contributed by atoms with Gasteiger partial charge in [-0.2, -0.15) is 0 Å². The average Bonchev–Trinajstić information content (AvgIpc) is 3.06. The van der Waals surface area contributed by atoms with E-state index in [0.29, 0.717) is 18.6 Å². The molecule has 0 aromatic carbocycles. The summed E-state index contributed by atoms with van der Waals surface area (Å²) in [6.07, 6.45) is 3.79. The van der Waals surface area contributed by atoms with Crippen LogP contribution in [-0.4, -0.2) is 23.2 Å². The van der Waals surface area contributed by atoms with Gasteiger partial charge in [0, 0.05) is 10.7 Å². The summed E-state index contributed by atoms with van der Waals surface area (Å²) in [5.74, 6) is 0.195. The molecule has 0 bridgehead atoms. The molecule has 18 heavy (non-hydrogen) atoms. The standard InChI is InChI=1S/C13H16BrNO3/c1-3-13(12(16)17)6-8(13)4-10-11(18-2)5-9(14)7-15-10/h5,7-8H,3-4,6H2,1-2H3,(H,16,17). The van der Waals surface area contributed by atoms with Crippen LogP contribution < -0.4 is 4.74 Å². The summed E-state index contributed by atoms with van der Waals surface area (Å²) in [5.41, 5.74) is 0.294. The predicted octanol–water partition coefficient (Wildman–Crippen LogP) is 2.90. The summed E-state index contributed by atoms with van der Waals surface area (Å²) >= 11 is 3.34. The van der Waals surface area contributed by atoms with Crippen LogP contribution in [0.4, 0.5) is 0 Å². The van der Waals surface area contributed by atoms with Gasteiger partial charge in [-0.3, -0.25) is 9.78 Å². The zero-order chi connectivity index (χ0) is 13.3. The number of nitrogens with zero attached hydrogens (tertiary/aromatic N) is 1. The Labute approximate surface area is 115 Å². The van der Waals surface area contributed by atoms with Crippen molar-refractivity contribution >= 4 is 21.9 Å². The van der Waals surface area contributed by atoms with Crippen molar-refractivity contribution in [2.24, 2.45) is 11.3 Å². The molecule has 5 heteroatoms. The summed E-state index contributed by atoms with van der Waals surface area (Å²) in [7, 11) is 1.60. The molecule has 0 saturated heterocycles. The van der Waals surface area contributed by atoms with Crippen LogP contribution >= 0.6 is 15.9 Å². The molecule has 1 aromatic heterocycles. The molecule has 2 unspecified atom stereocenters. The van der Waals surface area contributed by atoms with E-state index in [2.05, 4.69) is 20.9 Å². The topological polar surface area (TPSA) is 59.4 Å². The minimum Gasteiger partial charge on any atom is -0.495 e. The van der Waals surface area contributed by atoms with Crippen LogP contribution in [0, 0.1) is 11.3 Å². The molecule has 2 rings (SSSR count). The van der Waals surface area contributed by atoms with Crippen molar-refractivity contribution < 1.29 is 14.6 Å². The normalized spacial score (nSPS) is 25.8. The Hall–Kier alpha value is -1.10. The van der Waals surface area contributed by atoms with Gasteiger partial charge in [0.2, 0.25) is 0 Å². The number of aliphatic carboxylic acids is 1. The molecule has 1 N–H and O–H groups in total. The number of rotatable bonds is 5. The predicted molar refractivity (Wildman–Crippen MR) is 70.7 cm³/mol. The molecular weight excluding hydrogens is 298 g/mol. The van der Waals surface area contributed by atoms with E-state index in [-0.39, 0.29) is 5.92 Å². The fourth-order valence-corrected chi connectivity index (χ4v) is 2.82. The van der Waals surface area contributed by atoms with Gasteiger partial charge in [0.15, 0.2) is 0 Å². The van der Waals surface area contributed by atoms with Crippen molar-refractivity contribution in [3.8, 4) is 5.75 Å². The van der Waals surface area contributed by atoms with E-state index >= 15 is 0 Å². The molecule has 2 atom stereocenters. The van der Waals surface area contributed by atoms with Gasteiger partial charge in [-0.05, 0) is 47.2 Å². The lowest BCUT2D eigenvalue weighted by Gasteiger charge is -2.11. The van der Waals surface area contributed by atoms with Crippen molar-refractivity contribution in [3.05, 3.63) is 22.4 Å². The van der Waals surface area contributed by atoms with Crippen LogP contribution in [-0.2, 0) is 11.2 Å². The second-order valence-corrected chi connectivity index (χ2v) is 5.64. The number of carboxylic acid groups (broad SMARTS) is 1. The van der Waals surface area contributed by atoms with Crippen molar-refractivity contribution in [2.75, 3.05) is 7.11 Å². The van der Waals surface area contributed by atoms with Crippen molar-refractivity contribution in [1.82, 2.24) is 4.98 Å². The third kappa shape index (κ3) is 2.23. The Morgan fingerprint density at radius 3 is 2.94 bits per heavy atom. The van der Waals surface area contributed by atoms with Crippen LogP contribution in [0.1, 0.15) is 25.5 Å². The number of methoxy groups -OCH3 is 1. The summed E-state index contributed by atoms with van der Waals surface area (Å²) < 4.78 is 6.14. The Bertz CT molecular complexity index is 477. The highest BCUT2D eigenvalue weighted by Crippen LogP contribution is 2.57. The zero-order valence-electron chi connectivity index (χ0n) is 10.4. The molecule has 0 radical (unpaired) electrons. The number of pyridine rings is 1. The zero-order valence-corrected chi connectivity index (χ0v) is 12.0. The fourth-order valence-electron chi connectivity index (χ4n) is 2.51. The van der Waals surface area contributed by atoms with Crippen LogP contribution in [0.3, 0.4) is 0 Å². The largest absolute Gasteiger partial charge is 0.495 e. The van der Waals surface area contributed by atoms with Crippen molar-refractivity contribution in [3.63, 3.8) is 0 Å². The quantitative estimate of drug-likeness (QED) is 0.908. The fraction of sp³-hybridized carbons (Fsp3) is 0.538. The lowest BCUT2D eigenvalue weighted by Crippen LogP contribution is -2.17. The molecule has 1 fully saturated rings. The molecule has 1 aliphatic rings. The van der Waals surface area contributed by atoms with Gasteiger partial charge < -0.3 is 9.84 Å². The summed E-state index contributed by atoms with van der Waals surface area (Å²) in [4.78, 5) is 15.6. The number of hydrogen-bond donors (Lipinski definition) is 1. The Morgan fingerprint density at radius 2 is 2.44 bits per heavy atom. The number of aromatic nitrogens is 1. The molecule has 1 aromatic rings. The first-order valence-corrected chi connectivity index (χ1v) is 6.74. The van der Waals surface area contributed by atoms with Gasteiger partial charge in [0.25, 0.3) is 0 Å². The molecule has 1 aliphatic carbocycles. The third-order valence-corrected chi connectivity index (χ3v) is 4.28. The summed E-state index contributed by atoms with van der Waals surface area (Å²) in [6.45, 7) is 1.93. The van der Waals surface area contributed by atoms with Gasteiger partial charge >= 0.3 is 5.97 Å². The smallest absolute Gasteiger partial charge is 0.309 e. The first-order chi connectivity index (χ1) is 8.53.